The molecule has 0 aromatic heterocycles. The van der Waals surface area contributed by atoms with Gasteiger partial charge < -0.3 is 10.2 Å². The van der Waals surface area contributed by atoms with Crippen molar-refractivity contribution >= 4 is 11.5 Å². The largest absolute Gasteiger partial charge is 0.355 e. The zero-order chi connectivity index (χ0) is 23.4. The van der Waals surface area contributed by atoms with Crippen LogP contribution in [0, 0.1) is 19.7 Å². The van der Waals surface area contributed by atoms with E-state index in [-0.39, 0.29) is 11.7 Å². The highest BCUT2D eigenvalue weighted by Gasteiger charge is 2.21. The Labute approximate surface area is 190 Å². The molecule has 0 unspecified atom stereocenters. The first-order valence-electron chi connectivity index (χ1n) is 11.0. The van der Waals surface area contributed by atoms with E-state index in [0.29, 0.717) is 11.3 Å². The summed E-state index contributed by atoms with van der Waals surface area (Å²) < 4.78 is 14.5. The summed E-state index contributed by atoms with van der Waals surface area (Å²) in [5, 5.41) is 2.64. The molecular weight excluding hydrogens is 399 g/mol. The second kappa shape index (κ2) is 9.82. The summed E-state index contributed by atoms with van der Waals surface area (Å²) in [7, 11) is 1.61. The molecule has 0 saturated heterocycles. The maximum Gasteiger partial charge on any atom is 0.251 e. The molecule has 2 aromatic carbocycles. The molecule has 3 rings (SSSR count). The van der Waals surface area contributed by atoms with Gasteiger partial charge in [-0.25, -0.2) is 4.39 Å². The molecule has 2 aromatic rings. The predicted octanol–water partition coefficient (Wildman–Crippen LogP) is 6.66. The van der Waals surface area contributed by atoms with Crippen molar-refractivity contribution in [3.63, 3.8) is 0 Å². The first-order valence-corrected chi connectivity index (χ1v) is 11.0. The number of aryl methyl sites for hydroxylation is 2. The van der Waals surface area contributed by atoms with E-state index in [1.807, 2.05) is 17.2 Å². The third-order valence-electron chi connectivity index (χ3n) is 5.83. The molecule has 1 aliphatic heterocycles. The number of hydrogen-bond donors (Lipinski definition) is 1. The average molecular weight is 431 g/mol. The highest BCUT2D eigenvalue weighted by molar-refractivity contribution is 5.96. The molecule has 4 heteroatoms. The van der Waals surface area contributed by atoms with Crippen molar-refractivity contribution in [2.24, 2.45) is 0 Å². The number of likely N-dealkylation sites (N-methyl/N-ethyl adjacent to an activating group) is 1. The maximum atomic E-state index is 14.5. The van der Waals surface area contributed by atoms with Crippen LogP contribution < -0.4 is 5.32 Å². The van der Waals surface area contributed by atoms with Crippen molar-refractivity contribution in [2.45, 2.75) is 40.5 Å². The molecule has 0 spiro atoms. The summed E-state index contributed by atoms with van der Waals surface area (Å²) in [6, 6.07) is 11.4. The Balaban J connectivity index is 2.17. The van der Waals surface area contributed by atoms with Crippen LogP contribution in [0.2, 0.25) is 0 Å². The monoisotopic (exact) mass is 430 g/mol. The Morgan fingerprint density at radius 3 is 2.38 bits per heavy atom. The first-order chi connectivity index (χ1) is 15.3. The first kappa shape index (κ1) is 23.3. The van der Waals surface area contributed by atoms with Crippen molar-refractivity contribution in [1.82, 2.24) is 10.2 Å². The lowest BCUT2D eigenvalue weighted by atomic mass is 9.88. The molecule has 1 aliphatic rings. The van der Waals surface area contributed by atoms with E-state index in [1.54, 1.807) is 25.3 Å². The number of rotatable bonds is 6. The lowest BCUT2D eigenvalue weighted by Gasteiger charge is -2.30. The van der Waals surface area contributed by atoms with E-state index in [0.717, 1.165) is 46.4 Å². The standard InChI is InChI=1S/C28H31FN2O/c1-7-23(27(8-2)31-14-13-21(16-20(31)5)28(32)30-6)26-17-22(29)10-12-25(26)24-11-9-18(3)15-19(24)4/h9-17H,5,7-8H2,1-4,6H3,(H,30,32)/b27-23+. The van der Waals surface area contributed by atoms with E-state index in [4.69, 9.17) is 0 Å². The van der Waals surface area contributed by atoms with Gasteiger partial charge in [-0.15, -0.1) is 0 Å². The van der Waals surface area contributed by atoms with Crippen LogP contribution in [0.4, 0.5) is 4.39 Å². The van der Waals surface area contributed by atoms with E-state index in [1.165, 1.54) is 11.6 Å². The average Bonchev–Trinajstić information content (AvgIpc) is 2.77. The van der Waals surface area contributed by atoms with Gasteiger partial charge in [-0.2, -0.15) is 0 Å². The molecule has 0 bridgehead atoms. The van der Waals surface area contributed by atoms with Gasteiger partial charge in [0, 0.05) is 30.2 Å². The molecule has 0 fully saturated rings. The van der Waals surface area contributed by atoms with E-state index < -0.39 is 0 Å². The number of nitrogens with one attached hydrogen (secondary N) is 1. The third kappa shape index (κ3) is 4.59. The van der Waals surface area contributed by atoms with Gasteiger partial charge >= 0.3 is 0 Å². The van der Waals surface area contributed by atoms with Gasteiger partial charge in [0.2, 0.25) is 0 Å². The minimum atomic E-state index is -0.260. The van der Waals surface area contributed by atoms with Crippen molar-refractivity contribution in [1.29, 1.82) is 0 Å². The Hall–Kier alpha value is -3.40. The molecule has 166 valence electrons. The highest BCUT2D eigenvalue weighted by atomic mass is 19.1. The van der Waals surface area contributed by atoms with Crippen LogP contribution in [-0.4, -0.2) is 17.9 Å². The number of hydrogen-bond acceptors (Lipinski definition) is 2. The number of halogens is 1. The number of allylic oxidation sites excluding steroid dienone is 3. The smallest absolute Gasteiger partial charge is 0.251 e. The summed E-state index contributed by atoms with van der Waals surface area (Å²) in [5.74, 6) is -0.410. The Morgan fingerprint density at radius 2 is 1.78 bits per heavy atom. The van der Waals surface area contributed by atoms with Crippen molar-refractivity contribution < 1.29 is 9.18 Å². The summed E-state index contributed by atoms with van der Waals surface area (Å²) >= 11 is 0. The third-order valence-corrected chi connectivity index (χ3v) is 5.83. The molecule has 0 aliphatic carbocycles. The van der Waals surface area contributed by atoms with Gasteiger partial charge in [0.1, 0.15) is 5.82 Å². The van der Waals surface area contributed by atoms with Gasteiger partial charge in [-0.1, -0.05) is 50.3 Å². The van der Waals surface area contributed by atoms with Crippen LogP contribution in [0.15, 0.2) is 78.3 Å². The molecule has 1 heterocycles. The number of nitrogens with zero attached hydrogens (tertiary/aromatic N) is 1. The minimum Gasteiger partial charge on any atom is -0.355 e. The summed E-state index contributed by atoms with van der Waals surface area (Å²) in [5.41, 5.74) is 8.72. The molecule has 0 atom stereocenters. The van der Waals surface area contributed by atoms with Crippen LogP contribution in [0.25, 0.3) is 16.7 Å². The molecular formula is C28H31FN2O. The van der Waals surface area contributed by atoms with E-state index in [9.17, 15) is 9.18 Å². The van der Waals surface area contributed by atoms with Crippen molar-refractivity contribution in [3.8, 4) is 11.1 Å². The lowest BCUT2D eigenvalue weighted by molar-refractivity contribution is -0.116. The minimum absolute atomic E-state index is 0.151. The molecule has 0 radical (unpaired) electrons. The van der Waals surface area contributed by atoms with Gasteiger partial charge in [0.25, 0.3) is 5.91 Å². The van der Waals surface area contributed by atoms with Crippen LogP contribution >= 0.6 is 0 Å². The maximum absolute atomic E-state index is 14.5. The molecule has 1 N–H and O–H groups in total. The van der Waals surface area contributed by atoms with Crippen molar-refractivity contribution in [2.75, 3.05) is 7.05 Å². The number of carbonyl (C=O) groups excluding carboxylic acids is 1. The SMILES string of the molecule is C=C1C=C(C(=O)NC)C=CN1/C(CC)=C(\CC)c1cc(F)ccc1-c1ccc(C)cc1C. The summed E-state index contributed by atoms with van der Waals surface area (Å²) in [6.07, 6.45) is 6.90. The molecule has 1 amide bonds. The Morgan fingerprint density at radius 1 is 1.06 bits per heavy atom. The van der Waals surface area contributed by atoms with Crippen LogP contribution in [0.1, 0.15) is 43.4 Å². The number of amides is 1. The van der Waals surface area contributed by atoms with Crippen LogP contribution in [-0.2, 0) is 4.79 Å². The molecule has 3 nitrogen and oxygen atoms in total. The fourth-order valence-corrected chi connectivity index (χ4v) is 4.29. The number of carbonyl (C=O) groups is 1. The number of benzene rings is 2. The summed E-state index contributed by atoms with van der Waals surface area (Å²) in [6.45, 7) is 12.5. The molecule has 32 heavy (non-hydrogen) atoms. The van der Waals surface area contributed by atoms with Crippen LogP contribution in [0.3, 0.4) is 0 Å². The van der Waals surface area contributed by atoms with Crippen LogP contribution in [0.5, 0.6) is 0 Å². The second-order valence-electron chi connectivity index (χ2n) is 8.00. The van der Waals surface area contributed by atoms with E-state index >= 15 is 0 Å². The highest BCUT2D eigenvalue weighted by Crippen LogP contribution is 2.38. The van der Waals surface area contributed by atoms with Gasteiger partial charge in [0.05, 0.1) is 0 Å². The topological polar surface area (TPSA) is 32.3 Å². The van der Waals surface area contributed by atoms with Gasteiger partial charge in [-0.05, 0) is 78.8 Å². The quantitative estimate of drug-likeness (QED) is 0.556. The zero-order valence-electron chi connectivity index (χ0n) is 19.6. The normalized spacial score (nSPS) is 14.2. The Bertz CT molecular complexity index is 1150. The van der Waals surface area contributed by atoms with Gasteiger partial charge in [0.15, 0.2) is 0 Å². The van der Waals surface area contributed by atoms with Gasteiger partial charge in [-0.3, -0.25) is 4.79 Å². The predicted molar refractivity (Wildman–Crippen MR) is 131 cm³/mol. The lowest BCUT2D eigenvalue weighted by Crippen LogP contribution is -2.24. The fourth-order valence-electron chi connectivity index (χ4n) is 4.29. The fraction of sp³-hybridized carbons (Fsp3) is 0.250. The summed E-state index contributed by atoms with van der Waals surface area (Å²) in [4.78, 5) is 14.0. The van der Waals surface area contributed by atoms with E-state index in [2.05, 4.69) is 57.8 Å². The second-order valence-corrected chi connectivity index (χ2v) is 8.00. The van der Waals surface area contributed by atoms with Crippen molar-refractivity contribution in [3.05, 3.63) is 101 Å². The molecule has 0 saturated carbocycles. The zero-order valence-corrected chi connectivity index (χ0v) is 19.6. The Kier molecular flexibility index (Phi) is 7.14.